The second kappa shape index (κ2) is 11.9. The minimum absolute atomic E-state index is 0.217. The van der Waals surface area contributed by atoms with Crippen molar-refractivity contribution < 1.29 is 13.5 Å². The molecule has 196 valence electrons. The molecule has 6 nitrogen and oxygen atoms in total. The molecule has 2 aromatic rings. The summed E-state index contributed by atoms with van der Waals surface area (Å²) in [4.78, 5) is 7.75. The van der Waals surface area contributed by atoms with Gasteiger partial charge in [0.25, 0.3) is 5.92 Å². The average molecular weight is 518 g/mol. The molecule has 1 aromatic carbocycles. The van der Waals surface area contributed by atoms with Crippen molar-refractivity contribution in [2.24, 2.45) is 18.0 Å². The molecule has 2 aliphatic rings. The van der Waals surface area contributed by atoms with Crippen molar-refractivity contribution in [1.82, 2.24) is 20.0 Å². The Labute approximate surface area is 216 Å². The molecular weight excluding hydrogens is 480 g/mol. The monoisotopic (exact) mass is 517 g/mol. The first kappa shape index (κ1) is 26.8. The number of nitrogens with one attached hydrogen (secondary N) is 1. The fourth-order valence-electron chi connectivity index (χ4n) is 5.18. The number of aryl methyl sites for hydroxylation is 1. The minimum Gasteiger partial charge on any atom is -0.382 e. The van der Waals surface area contributed by atoms with Gasteiger partial charge in [-0.05, 0) is 57.4 Å². The average Bonchev–Trinajstić information content (AvgIpc) is 3.45. The summed E-state index contributed by atoms with van der Waals surface area (Å²) < 4.78 is 32.8. The van der Waals surface area contributed by atoms with Crippen molar-refractivity contribution >= 4 is 35.1 Å². The van der Waals surface area contributed by atoms with E-state index in [0.717, 1.165) is 85.0 Å². The zero-order valence-electron chi connectivity index (χ0n) is 21.3. The van der Waals surface area contributed by atoms with Crippen LogP contribution in [0.1, 0.15) is 44.6 Å². The molecule has 2 heterocycles. The molecule has 1 fully saturated rings. The lowest BCUT2D eigenvalue weighted by Gasteiger charge is -2.29. The van der Waals surface area contributed by atoms with Crippen LogP contribution in [-0.2, 0) is 11.8 Å². The van der Waals surface area contributed by atoms with E-state index in [-0.39, 0.29) is 5.94 Å². The Morgan fingerprint density at radius 3 is 2.97 bits per heavy atom. The Hall–Kier alpha value is -2.23. The first-order chi connectivity index (χ1) is 17.2. The Morgan fingerprint density at radius 1 is 1.36 bits per heavy atom. The molecule has 0 bridgehead atoms. The summed E-state index contributed by atoms with van der Waals surface area (Å²) in [6.45, 7) is 11.1. The van der Waals surface area contributed by atoms with Crippen LogP contribution in [0.4, 0.5) is 8.78 Å². The van der Waals surface area contributed by atoms with Gasteiger partial charge in [0, 0.05) is 60.9 Å². The van der Waals surface area contributed by atoms with Crippen LogP contribution in [0.25, 0.3) is 16.6 Å². The number of thioether (sulfide) groups is 1. The topological polar surface area (TPSA) is 54.7 Å². The Balaban J connectivity index is 1.21. The van der Waals surface area contributed by atoms with Crippen molar-refractivity contribution in [2.75, 3.05) is 32.2 Å². The highest BCUT2D eigenvalue weighted by atomic mass is 32.2. The number of fused-ring (bicyclic) bond motifs is 1. The number of alkyl halides is 2. The molecule has 0 radical (unpaired) electrons. The van der Waals surface area contributed by atoms with Crippen LogP contribution in [0.15, 0.2) is 46.6 Å². The summed E-state index contributed by atoms with van der Waals surface area (Å²) in [6, 6.07) is 6.62. The fourth-order valence-corrected chi connectivity index (χ4v) is 6.02. The molecule has 36 heavy (non-hydrogen) atoms. The zero-order valence-corrected chi connectivity index (χ0v) is 22.1. The largest absolute Gasteiger partial charge is 0.382 e. The maximum absolute atomic E-state index is 12.9. The third-order valence-corrected chi connectivity index (χ3v) is 8.05. The summed E-state index contributed by atoms with van der Waals surface area (Å²) in [5, 5.41) is 9.32. The van der Waals surface area contributed by atoms with Gasteiger partial charge in [-0.15, -0.1) is 11.8 Å². The summed E-state index contributed by atoms with van der Waals surface area (Å²) >= 11 is 1.46. The van der Waals surface area contributed by atoms with Crippen molar-refractivity contribution in [2.45, 2.75) is 51.0 Å². The number of aromatic nitrogens is 2. The minimum atomic E-state index is -2.80. The fraction of sp³-hybridized carbons (Fsp3) is 0.556. The lowest BCUT2D eigenvalue weighted by molar-refractivity contribution is -0.0514. The highest BCUT2D eigenvalue weighted by Gasteiger charge is 2.27. The second-order valence-corrected chi connectivity index (χ2v) is 11.1. The quantitative estimate of drug-likeness (QED) is 0.223. The van der Waals surface area contributed by atoms with Gasteiger partial charge < -0.3 is 10.1 Å². The van der Waals surface area contributed by atoms with Gasteiger partial charge in [-0.3, -0.25) is 14.6 Å². The van der Waals surface area contributed by atoms with Gasteiger partial charge in [-0.1, -0.05) is 18.7 Å². The molecule has 0 amide bonds. The van der Waals surface area contributed by atoms with Crippen molar-refractivity contribution in [3.8, 4) is 0 Å². The van der Waals surface area contributed by atoms with Gasteiger partial charge in [-0.2, -0.15) is 5.10 Å². The number of ether oxygens (including phenoxy) is 1. The summed E-state index contributed by atoms with van der Waals surface area (Å²) in [6.07, 6.45) is 7.60. The Bertz CT molecular complexity index is 1110. The van der Waals surface area contributed by atoms with Crippen LogP contribution in [-0.4, -0.2) is 65.5 Å². The number of halogens is 2. The van der Waals surface area contributed by atoms with Crippen LogP contribution in [0, 0.1) is 5.92 Å². The van der Waals surface area contributed by atoms with Crippen LogP contribution in [0.5, 0.6) is 0 Å². The van der Waals surface area contributed by atoms with Crippen molar-refractivity contribution in [3.05, 3.63) is 47.1 Å². The van der Waals surface area contributed by atoms with E-state index in [2.05, 4.69) is 45.9 Å². The molecule has 4 rings (SSSR count). The normalized spacial score (nSPS) is 21.3. The summed E-state index contributed by atoms with van der Waals surface area (Å²) in [5.74, 6) is -1.89. The van der Waals surface area contributed by atoms with Gasteiger partial charge in [-0.25, -0.2) is 8.78 Å². The summed E-state index contributed by atoms with van der Waals surface area (Å²) in [5.41, 5.74) is 4.03. The number of nitrogens with zero attached hydrogens (tertiary/aromatic N) is 4. The zero-order chi connectivity index (χ0) is 25.7. The van der Waals surface area contributed by atoms with Gasteiger partial charge in [0.2, 0.25) is 0 Å². The maximum atomic E-state index is 12.9. The summed E-state index contributed by atoms with van der Waals surface area (Å²) in [7, 11) is 1.94. The van der Waals surface area contributed by atoms with E-state index in [1.54, 1.807) is 0 Å². The molecule has 9 heteroatoms. The lowest BCUT2D eigenvalue weighted by Crippen LogP contribution is -2.33. The van der Waals surface area contributed by atoms with Crippen LogP contribution in [0.3, 0.4) is 0 Å². The van der Waals surface area contributed by atoms with Gasteiger partial charge >= 0.3 is 0 Å². The molecule has 0 spiro atoms. The number of hydrogen-bond donors (Lipinski definition) is 1. The number of rotatable bonds is 12. The first-order valence-corrected chi connectivity index (χ1v) is 13.6. The predicted octanol–water partition coefficient (Wildman–Crippen LogP) is 5.67. The van der Waals surface area contributed by atoms with Crippen molar-refractivity contribution in [1.29, 1.82) is 0 Å². The van der Waals surface area contributed by atoms with Crippen molar-refractivity contribution in [3.63, 3.8) is 0 Å². The van der Waals surface area contributed by atoms with Gasteiger partial charge in [0.1, 0.15) is 6.61 Å². The Kier molecular flexibility index (Phi) is 8.85. The van der Waals surface area contributed by atoms with E-state index in [0.29, 0.717) is 12.0 Å². The smallest absolute Gasteiger partial charge is 0.268 e. The molecule has 2 atom stereocenters. The van der Waals surface area contributed by atoms with Gasteiger partial charge in [0.15, 0.2) is 0 Å². The third kappa shape index (κ3) is 7.17. The number of hydrogen-bond acceptors (Lipinski definition) is 6. The standard InChI is InChI=1S/C27H37F2N5OS/c1-19(22-6-5-7-24-23(22)15-33(4)32-24)31-21-9-8-20(14-21)10-12-34-13-11-26(25(16-34)30-3)36-18-35-17-27(2,28)29/h5-7,15,20-21,31H,1,3,8-14,16-18H2,2,4H3/t20?,21-/m1/s1. The number of benzene rings is 1. The third-order valence-electron chi connectivity index (χ3n) is 6.98. The van der Waals surface area contributed by atoms with Crippen LogP contribution < -0.4 is 5.32 Å². The molecular formula is C27H37F2N5OS. The SMILES string of the molecule is C=NC1=C(SCOCC(C)(F)F)CCN(CCC2CC[C@@H](NC(=C)c3cccc4nn(C)cc34)C2)C1. The van der Waals surface area contributed by atoms with E-state index in [9.17, 15) is 8.78 Å². The van der Waals surface area contributed by atoms with E-state index in [4.69, 9.17) is 4.74 Å². The molecule has 0 saturated heterocycles. The molecule has 1 aliphatic carbocycles. The first-order valence-electron chi connectivity index (χ1n) is 12.6. The molecule has 1 unspecified atom stereocenters. The molecule has 1 aromatic heterocycles. The van der Waals surface area contributed by atoms with E-state index < -0.39 is 12.5 Å². The molecule has 1 aliphatic heterocycles. The molecule has 1 N–H and O–H groups in total. The maximum Gasteiger partial charge on any atom is 0.268 e. The van der Waals surface area contributed by atoms with Crippen LogP contribution >= 0.6 is 11.8 Å². The highest BCUT2D eigenvalue weighted by molar-refractivity contribution is 8.02. The Morgan fingerprint density at radius 2 is 2.19 bits per heavy atom. The van der Waals surface area contributed by atoms with Gasteiger partial charge in [0.05, 0.1) is 17.2 Å². The van der Waals surface area contributed by atoms with Crippen LogP contribution in [0.2, 0.25) is 0 Å². The predicted molar refractivity (Wildman–Crippen MR) is 145 cm³/mol. The second-order valence-electron chi connectivity index (χ2n) is 10.1. The van der Waals surface area contributed by atoms with E-state index in [1.807, 2.05) is 23.9 Å². The number of aliphatic imine (C=N–C) groups is 1. The van der Waals surface area contributed by atoms with E-state index >= 15 is 0 Å². The highest BCUT2D eigenvalue weighted by Crippen LogP contribution is 2.33. The van der Waals surface area contributed by atoms with E-state index in [1.165, 1.54) is 18.2 Å². The molecule has 1 saturated carbocycles. The lowest BCUT2D eigenvalue weighted by atomic mass is 10.0.